The quantitative estimate of drug-likeness (QED) is 0.546. The van der Waals surface area contributed by atoms with Crippen molar-refractivity contribution in [3.8, 4) is 0 Å². The maximum Gasteiger partial charge on any atom is 0.323 e. The molecule has 0 aliphatic rings. The van der Waals surface area contributed by atoms with E-state index in [9.17, 15) is 4.79 Å². The van der Waals surface area contributed by atoms with E-state index < -0.39 is 12.0 Å². The van der Waals surface area contributed by atoms with E-state index in [1.807, 2.05) is 6.92 Å². The van der Waals surface area contributed by atoms with Crippen LogP contribution in [0, 0.1) is 0 Å². The molecular formula is C11H23NO3. The van der Waals surface area contributed by atoms with Crippen molar-refractivity contribution in [2.24, 2.45) is 0 Å². The highest BCUT2D eigenvalue weighted by molar-refractivity contribution is 5.73. The molecule has 0 heterocycles. The van der Waals surface area contributed by atoms with Gasteiger partial charge in [0.1, 0.15) is 6.04 Å². The molecule has 0 aromatic rings. The molecule has 0 fully saturated rings. The largest absolute Gasteiger partial charge is 0.480 e. The van der Waals surface area contributed by atoms with Crippen molar-refractivity contribution in [1.82, 2.24) is 5.32 Å². The van der Waals surface area contributed by atoms with Gasteiger partial charge in [0.25, 0.3) is 0 Å². The number of hydrogen-bond acceptors (Lipinski definition) is 3. The van der Waals surface area contributed by atoms with Crippen LogP contribution >= 0.6 is 0 Å². The molecule has 0 bridgehead atoms. The maximum atomic E-state index is 10.7. The number of aliphatic carboxylic acids is 1. The van der Waals surface area contributed by atoms with Crippen molar-refractivity contribution >= 4 is 5.97 Å². The maximum absolute atomic E-state index is 10.7. The van der Waals surface area contributed by atoms with Crippen LogP contribution in [0.5, 0.6) is 0 Å². The Morgan fingerprint density at radius 2 is 2.07 bits per heavy atom. The fraction of sp³-hybridized carbons (Fsp3) is 0.909. The summed E-state index contributed by atoms with van der Waals surface area (Å²) in [6, 6.07) is -0.568. The molecule has 0 aromatic heterocycles. The second kappa shape index (κ2) is 9.93. The van der Waals surface area contributed by atoms with Gasteiger partial charge in [-0.1, -0.05) is 33.1 Å². The smallest absolute Gasteiger partial charge is 0.323 e. The molecule has 4 heteroatoms. The summed E-state index contributed by atoms with van der Waals surface area (Å²) in [5.74, 6) is -0.842. The zero-order chi connectivity index (χ0) is 11.5. The van der Waals surface area contributed by atoms with Crippen LogP contribution in [0.4, 0.5) is 0 Å². The van der Waals surface area contributed by atoms with Gasteiger partial charge in [0.15, 0.2) is 0 Å². The van der Waals surface area contributed by atoms with Gasteiger partial charge in [-0.15, -0.1) is 0 Å². The van der Waals surface area contributed by atoms with Crippen LogP contribution in [0.15, 0.2) is 0 Å². The third kappa shape index (κ3) is 8.39. The molecule has 1 unspecified atom stereocenters. The highest BCUT2D eigenvalue weighted by Crippen LogP contribution is 1.99. The zero-order valence-electron chi connectivity index (χ0n) is 9.79. The van der Waals surface area contributed by atoms with E-state index in [0.29, 0.717) is 13.2 Å². The van der Waals surface area contributed by atoms with Crippen LogP contribution in [0.1, 0.15) is 39.5 Å². The molecule has 0 aliphatic carbocycles. The highest BCUT2D eigenvalue weighted by Gasteiger charge is 2.15. The van der Waals surface area contributed by atoms with Crippen molar-refractivity contribution in [3.63, 3.8) is 0 Å². The number of likely N-dealkylation sites (N-methyl/N-ethyl adjacent to an activating group) is 1. The zero-order valence-corrected chi connectivity index (χ0v) is 9.79. The fourth-order valence-corrected chi connectivity index (χ4v) is 1.30. The van der Waals surface area contributed by atoms with Crippen LogP contribution in [0.25, 0.3) is 0 Å². The molecule has 0 aromatic carbocycles. The predicted molar refractivity (Wildman–Crippen MR) is 60.1 cm³/mol. The average molecular weight is 217 g/mol. The van der Waals surface area contributed by atoms with E-state index in [1.54, 1.807) is 0 Å². The SMILES string of the molecule is CCCCCCOCC(NCC)C(=O)O. The molecule has 0 spiro atoms. The lowest BCUT2D eigenvalue weighted by Crippen LogP contribution is -2.40. The van der Waals surface area contributed by atoms with Crippen molar-refractivity contribution in [1.29, 1.82) is 0 Å². The summed E-state index contributed by atoms with van der Waals surface area (Å²) in [5.41, 5.74) is 0. The van der Waals surface area contributed by atoms with E-state index in [1.165, 1.54) is 12.8 Å². The molecule has 1 atom stereocenters. The van der Waals surface area contributed by atoms with E-state index in [2.05, 4.69) is 12.2 Å². The second-order valence-electron chi connectivity index (χ2n) is 3.58. The average Bonchev–Trinajstić information content (AvgIpc) is 2.21. The Hall–Kier alpha value is -0.610. The monoisotopic (exact) mass is 217 g/mol. The number of hydrogen-bond donors (Lipinski definition) is 2. The van der Waals surface area contributed by atoms with Crippen LogP contribution < -0.4 is 5.32 Å². The second-order valence-corrected chi connectivity index (χ2v) is 3.58. The molecule has 0 amide bonds. The molecular weight excluding hydrogens is 194 g/mol. The first-order valence-electron chi connectivity index (χ1n) is 5.76. The summed E-state index contributed by atoms with van der Waals surface area (Å²) in [7, 11) is 0. The summed E-state index contributed by atoms with van der Waals surface area (Å²) in [4.78, 5) is 10.7. The van der Waals surface area contributed by atoms with Gasteiger partial charge in [-0.3, -0.25) is 4.79 Å². The van der Waals surface area contributed by atoms with Crippen LogP contribution in [0.2, 0.25) is 0 Å². The Bertz CT molecular complexity index is 162. The number of carboxylic acids is 1. The number of ether oxygens (including phenoxy) is 1. The minimum absolute atomic E-state index is 0.259. The molecule has 0 radical (unpaired) electrons. The van der Waals surface area contributed by atoms with E-state index in [-0.39, 0.29) is 6.61 Å². The van der Waals surface area contributed by atoms with Gasteiger partial charge in [0.05, 0.1) is 6.61 Å². The van der Waals surface area contributed by atoms with Gasteiger partial charge in [-0.25, -0.2) is 0 Å². The number of unbranched alkanes of at least 4 members (excludes halogenated alkanes) is 3. The number of carboxylic acid groups (broad SMARTS) is 1. The Kier molecular flexibility index (Phi) is 9.52. The molecule has 90 valence electrons. The van der Waals surface area contributed by atoms with Gasteiger partial charge in [0, 0.05) is 6.61 Å². The lowest BCUT2D eigenvalue weighted by atomic mass is 10.2. The summed E-state index contributed by atoms with van der Waals surface area (Å²) < 4.78 is 5.31. The number of nitrogens with one attached hydrogen (secondary N) is 1. The molecule has 4 nitrogen and oxygen atoms in total. The van der Waals surface area contributed by atoms with E-state index in [0.717, 1.165) is 12.8 Å². The third-order valence-electron chi connectivity index (χ3n) is 2.18. The Morgan fingerprint density at radius 3 is 2.60 bits per heavy atom. The first-order valence-corrected chi connectivity index (χ1v) is 5.76. The van der Waals surface area contributed by atoms with Crippen LogP contribution in [-0.2, 0) is 9.53 Å². The molecule has 2 N–H and O–H groups in total. The van der Waals surface area contributed by atoms with Gasteiger partial charge >= 0.3 is 5.97 Å². The summed E-state index contributed by atoms with van der Waals surface area (Å²) >= 11 is 0. The van der Waals surface area contributed by atoms with Gasteiger partial charge < -0.3 is 15.2 Å². The minimum atomic E-state index is -0.842. The van der Waals surface area contributed by atoms with Gasteiger partial charge in [-0.2, -0.15) is 0 Å². The lowest BCUT2D eigenvalue weighted by molar-refractivity contribution is -0.141. The minimum Gasteiger partial charge on any atom is -0.480 e. The topological polar surface area (TPSA) is 58.6 Å². The van der Waals surface area contributed by atoms with Crippen molar-refractivity contribution < 1.29 is 14.6 Å². The molecule has 15 heavy (non-hydrogen) atoms. The van der Waals surface area contributed by atoms with Crippen molar-refractivity contribution in [2.75, 3.05) is 19.8 Å². The van der Waals surface area contributed by atoms with E-state index in [4.69, 9.17) is 9.84 Å². The first-order chi connectivity index (χ1) is 7.22. The summed E-state index contributed by atoms with van der Waals surface area (Å²) in [5, 5.41) is 11.7. The molecule has 0 saturated carbocycles. The third-order valence-corrected chi connectivity index (χ3v) is 2.18. The number of rotatable bonds is 10. The standard InChI is InChI=1S/C11H23NO3/c1-3-5-6-7-8-15-9-10(11(13)14)12-4-2/h10,12H,3-9H2,1-2H3,(H,13,14). The lowest BCUT2D eigenvalue weighted by Gasteiger charge is -2.13. The highest BCUT2D eigenvalue weighted by atomic mass is 16.5. The van der Waals surface area contributed by atoms with Gasteiger partial charge in [-0.05, 0) is 13.0 Å². The first kappa shape index (κ1) is 14.4. The van der Waals surface area contributed by atoms with Crippen LogP contribution in [0.3, 0.4) is 0 Å². The van der Waals surface area contributed by atoms with Crippen molar-refractivity contribution in [3.05, 3.63) is 0 Å². The molecule has 0 rings (SSSR count). The Labute approximate surface area is 92.0 Å². The van der Waals surface area contributed by atoms with Crippen LogP contribution in [-0.4, -0.2) is 36.9 Å². The Balaban J connectivity index is 3.41. The van der Waals surface area contributed by atoms with E-state index >= 15 is 0 Å². The fourth-order valence-electron chi connectivity index (χ4n) is 1.30. The van der Waals surface area contributed by atoms with Crippen molar-refractivity contribution in [2.45, 2.75) is 45.6 Å². The molecule has 0 aliphatic heterocycles. The number of carbonyl (C=O) groups is 1. The summed E-state index contributed by atoms with van der Waals surface area (Å²) in [6.07, 6.45) is 4.61. The Morgan fingerprint density at radius 1 is 1.33 bits per heavy atom. The van der Waals surface area contributed by atoms with Gasteiger partial charge in [0.2, 0.25) is 0 Å². The summed E-state index contributed by atoms with van der Waals surface area (Å²) in [6.45, 7) is 5.62. The normalized spacial score (nSPS) is 12.7. The molecule has 0 saturated heterocycles. The predicted octanol–water partition coefficient (Wildman–Crippen LogP) is 1.65.